The van der Waals surface area contributed by atoms with E-state index in [0.717, 1.165) is 48.6 Å². The van der Waals surface area contributed by atoms with Crippen LogP contribution in [0.5, 0.6) is 0 Å². The molecule has 6 heteroatoms. The van der Waals surface area contributed by atoms with Crippen molar-refractivity contribution in [3.05, 3.63) is 35.0 Å². The first kappa shape index (κ1) is 14.8. The minimum Gasteiger partial charge on any atom is -0.361 e. The third-order valence-electron chi connectivity index (χ3n) is 4.44. The Hall–Kier alpha value is -2.11. The molecule has 0 aromatic carbocycles. The summed E-state index contributed by atoms with van der Waals surface area (Å²) in [5, 5.41) is 8.41. The summed E-state index contributed by atoms with van der Waals surface area (Å²) in [4.78, 5) is 14.5. The van der Waals surface area contributed by atoms with E-state index in [0.29, 0.717) is 12.3 Å². The number of hydrogen-bond donors (Lipinski definition) is 0. The Morgan fingerprint density at radius 2 is 2.27 bits per heavy atom. The van der Waals surface area contributed by atoms with Crippen LogP contribution < -0.4 is 0 Å². The smallest absolute Gasteiger partial charge is 0.227 e. The van der Waals surface area contributed by atoms with Crippen LogP contribution in [-0.2, 0) is 18.3 Å². The average Bonchev–Trinajstić information content (AvgIpc) is 3.08. The van der Waals surface area contributed by atoms with Gasteiger partial charge >= 0.3 is 0 Å². The number of rotatable bonds is 3. The van der Waals surface area contributed by atoms with E-state index in [-0.39, 0.29) is 5.91 Å². The summed E-state index contributed by atoms with van der Waals surface area (Å²) in [6, 6.07) is 2.05. The third-order valence-corrected chi connectivity index (χ3v) is 4.44. The number of aryl methyl sites for hydroxylation is 3. The maximum atomic E-state index is 12.6. The zero-order valence-corrected chi connectivity index (χ0v) is 13.4. The zero-order valence-electron chi connectivity index (χ0n) is 13.4. The number of hydrogen-bond acceptors (Lipinski definition) is 4. The second kappa shape index (κ2) is 5.94. The number of carbonyl (C=O) groups is 1. The van der Waals surface area contributed by atoms with Gasteiger partial charge in [-0.05, 0) is 32.8 Å². The lowest BCUT2D eigenvalue weighted by atomic mass is 9.94. The molecule has 1 fully saturated rings. The van der Waals surface area contributed by atoms with E-state index >= 15 is 0 Å². The molecular formula is C16H22N4O2. The minimum absolute atomic E-state index is 0.148. The van der Waals surface area contributed by atoms with Crippen LogP contribution in [0.15, 0.2) is 16.8 Å². The van der Waals surface area contributed by atoms with E-state index in [9.17, 15) is 4.79 Å². The Morgan fingerprint density at radius 3 is 2.91 bits per heavy atom. The summed E-state index contributed by atoms with van der Waals surface area (Å²) in [6.07, 6.45) is 4.44. The van der Waals surface area contributed by atoms with Crippen LogP contribution in [-0.4, -0.2) is 38.8 Å². The fourth-order valence-electron chi connectivity index (χ4n) is 3.11. The third kappa shape index (κ3) is 2.91. The molecule has 0 aliphatic carbocycles. The number of nitrogens with zero attached hydrogens (tertiary/aromatic N) is 4. The molecule has 1 atom stereocenters. The molecule has 2 aromatic heterocycles. The number of likely N-dealkylation sites (tertiary alicyclic amines) is 1. The fourth-order valence-corrected chi connectivity index (χ4v) is 3.11. The van der Waals surface area contributed by atoms with Crippen LogP contribution in [0.1, 0.15) is 41.5 Å². The van der Waals surface area contributed by atoms with Crippen LogP contribution in [0.3, 0.4) is 0 Å². The fraction of sp³-hybridized carbons (Fsp3) is 0.562. The van der Waals surface area contributed by atoms with E-state index < -0.39 is 0 Å². The molecular weight excluding hydrogens is 280 g/mol. The normalized spacial score (nSPS) is 18.7. The van der Waals surface area contributed by atoms with Gasteiger partial charge in [-0.1, -0.05) is 5.16 Å². The highest BCUT2D eigenvalue weighted by Gasteiger charge is 2.27. The van der Waals surface area contributed by atoms with Crippen molar-refractivity contribution in [1.29, 1.82) is 0 Å². The molecule has 1 aliphatic heterocycles. The molecule has 0 saturated carbocycles. The summed E-state index contributed by atoms with van der Waals surface area (Å²) >= 11 is 0. The largest absolute Gasteiger partial charge is 0.361 e. The summed E-state index contributed by atoms with van der Waals surface area (Å²) in [6.45, 7) is 5.31. The number of piperidine rings is 1. The van der Waals surface area contributed by atoms with Crippen molar-refractivity contribution in [2.45, 2.75) is 39.0 Å². The molecule has 0 N–H and O–H groups in total. The van der Waals surface area contributed by atoms with Gasteiger partial charge in [-0.3, -0.25) is 9.48 Å². The maximum absolute atomic E-state index is 12.6. The lowest BCUT2D eigenvalue weighted by Gasteiger charge is -2.32. The summed E-state index contributed by atoms with van der Waals surface area (Å²) < 4.78 is 6.96. The second-order valence-electron chi connectivity index (χ2n) is 6.07. The van der Waals surface area contributed by atoms with Gasteiger partial charge in [0, 0.05) is 37.8 Å². The molecule has 118 valence electrons. The van der Waals surface area contributed by atoms with Crippen molar-refractivity contribution in [1.82, 2.24) is 19.8 Å². The molecule has 1 unspecified atom stereocenters. The molecule has 1 saturated heterocycles. The molecule has 22 heavy (non-hydrogen) atoms. The Kier molecular flexibility index (Phi) is 4.00. The standard InChI is InChI=1S/C16H22N4O2/c1-11-14(12(2)22-18-11)9-16(21)20-7-4-5-13(10-20)15-6-8-19(3)17-15/h6,8,13H,4-5,7,9-10H2,1-3H3. The lowest BCUT2D eigenvalue weighted by Crippen LogP contribution is -2.40. The number of carbonyl (C=O) groups excluding carboxylic acids is 1. The first-order valence-electron chi connectivity index (χ1n) is 7.73. The Labute approximate surface area is 130 Å². The van der Waals surface area contributed by atoms with Gasteiger partial charge in [0.15, 0.2) is 0 Å². The minimum atomic E-state index is 0.148. The Morgan fingerprint density at radius 1 is 1.45 bits per heavy atom. The van der Waals surface area contributed by atoms with Crippen molar-refractivity contribution >= 4 is 5.91 Å². The Balaban J connectivity index is 1.68. The molecule has 1 aliphatic rings. The van der Waals surface area contributed by atoms with Crippen LogP contribution in [0.2, 0.25) is 0 Å². The van der Waals surface area contributed by atoms with Gasteiger partial charge in [0.1, 0.15) is 5.76 Å². The van der Waals surface area contributed by atoms with Gasteiger partial charge in [0.05, 0.1) is 17.8 Å². The molecule has 3 rings (SSSR count). The van der Waals surface area contributed by atoms with E-state index in [1.807, 2.05) is 42.7 Å². The van der Waals surface area contributed by atoms with Crippen molar-refractivity contribution in [2.24, 2.45) is 7.05 Å². The highest BCUT2D eigenvalue weighted by Crippen LogP contribution is 2.26. The van der Waals surface area contributed by atoms with Crippen molar-refractivity contribution in [2.75, 3.05) is 13.1 Å². The second-order valence-corrected chi connectivity index (χ2v) is 6.07. The molecule has 3 heterocycles. The highest BCUT2D eigenvalue weighted by molar-refractivity contribution is 5.79. The first-order valence-corrected chi connectivity index (χ1v) is 7.73. The van der Waals surface area contributed by atoms with Crippen LogP contribution >= 0.6 is 0 Å². The van der Waals surface area contributed by atoms with E-state index in [4.69, 9.17) is 4.52 Å². The van der Waals surface area contributed by atoms with Gasteiger partial charge in [-0.2, -0.15) is 5.10 Å². The predicted octanol–water partition coefficient (Wildman–Crippen LogP) is 1.97. The quantitative estimate of drug-likeness (QED) is 0.869. The monoisotopic (exact) mass is 302 g/mol. The van der Waals surface area contributed by atoms with E-state index in [1.165, 1.54) is 0 Å². The summed E-state index contributed by atoms with van der Waals surface area (Å²) in [5.74, 6) is 1.22. The van der Waals surface area contributed by atoms with Gasteiger partial charge in [0.2, 0.25) is 5.91 Å². The lowest BCUT2D eigenvalue weighted by molar-refractivity contribution is -0.131. The van der Waals surface area contributed by atoms with E-state index in [2.05, 4.69) is 10.3 Å². The molecule has 0 radical (unpaired) electrons. The van der Waals surface area contributed by atoms with Crippen LogP contribution in [0.4, 0.5) is 0 Å². The van der Waals surface area contributed by atoms with Crippen molar-refractivity contribution < 1.29 is 9.32 Å². The average molecular weight is 302 g/mol. The van der Waals surface area contributed by atoms with Crippen LogP contribution in [0, 0.1) is 13.8 Å². The number of amides is 1. The molecule has 2 aromatic rings. The van der Waals surface area contributed by atoms with Gasteiger partial charge < -0.3 is 9.42 Å². The zero-order chi connectivity index (χ0) is 15.7. The van der Waals surface area contributed by atoms with Crippen LogP contribution in [0.25, 0.3) is 0 Å². The van der Waals surface area contributed by atoms with Crippen molar-refractivity contribution in [3.63, 3.8) is 0 Å². The van der Waals surface area contributed by atoms with Gasteiger partial charge in [-0.15, -0.1) is 0 Å². The molecule has 6 nitrogen and oxygen atoms in total. The predicted molar refractivity (Wildman–Crippen MR) is 81.4 cm³/mol. The SMILES string of the molecule is Cc1noc(C)c1CC(=O)N1CCCC(c2ccn(C)n2)C1. The molecule has 1 amide bonds. The topological polar surface area (TPSA) is 64.2 Å². The molecule has 0 bridgehead atoms. The maximum Gasteiger partial charge on any atom is 0.227 e. The highest BCUT2D eigenvalue weighted by atomic mass is 16.5. The summed E-state index contributed by atoms with van der Waals surface area (Å²) in [5.41, 5.74) is 2.81. The van der Waals surface area contributed by atoms with E-state index in [1.54, 1.807) is 0 Å². The summed E-state index contributed by atoms with van der Waals surface area (Å²) in [7, 11) is 1.92. The van der Waals surface area contributed by atoms with Gasteiger partial charge in [0.25, 0.3) is 0 Å². The first-order chi connectivity index (χ1) is 10.5. The number of aromatic nitrogens is 3. The Bertz CT molecular complexity index is 654. The van der Waals surface area contributed by atoms with Crippen molar-refractivity contribution in [3.8, 4) is 0 Å². The van der Waals surface area contributed by atoms with Gasteiger partial charge in [-0.25, -0.2) is 0 Å². The molecule has 0 spiro atoms.